The first-order valence-electron chi connectivity index (χ1n) is 6.66. The number of nitrogens with zero attached hydrogens (tertiary/aromatic N) is 1. The summed E-state index contributed by atoms with van der Waals surface area (Å²) in [6.45, 7) is 4.48. The zero-order valence-corrected chi connectivity index (χ0v) is 12.2. The predicted molar refractivity (Wildman–Crippen MR) is 74.3 cm³/mol. The molecule has 1 rings (SSSR count). The average molecular weight is 282 g/mol. The molecule has 0 saturated carbocycles. The molecule has 0 fully saturated rings. The number of carboxylic acid groups (broad SMARTS) is 1. The summed E-state index contributed by atoms with van der Waals surface area (Å²) < 4.78 is 5.18. The van der Waals surface area contributed by atoms with Gasteiger partial charge in [-0.1, -0.05) is 6.92 Å². The maximum Gasteiger partial charge on any atom is 0.317 e. The van der Waals surface area contributed by atoms with E-state index in [4.69, 9.17) is 9.52 Å². The molecule has 0 aliphatic carbocycles. The molecule has 6 nitrogen and oxygen atoms in total. The van der Waals surface area contributed by atoms with Crippen LogP contribution < -0.4 is 5.32 Å². The first-order valence-corrected chi connectivity index (χ1v) is 6.66. The Labute approximate surface area is 118 Å². The number of carbonyl (C=O) groups is 2. The number of furan rings is 1. The molecule has 6 heteroatoms. The summed E-state index contributed by atoms with van der Waals surface area (Å²) in [5, 5.41) is 11.5. The summed E-state index contributed by atoms with van der Waals surface area (Å²) in [7, 11) is 1.71. The number of nitrogens with one attached hydrogen (secondary N) is 1. The Kier molecular flexibility index (Phi) is 6.09. The fourth-order valence-electron chi connectivity index (χ4n) is 1.76. The van der Waals surface area contributed by atoms with Crippen LogP contribution >= 0.6 is 0 Å². The van der Waals surface area contributed by atoms with Crippen molar-refractivity contribution in [3.8, 4) is 0 Å². The monoisotopic (exact) mass is 282 g/mol. The molecule has 2 N–H and O–H groups in total. The van der Waals surface area contributed by atoms with Crippen molar-refractivity contribution in [1.82, 2.24) is 10.2 Å². The number of aliphatic carboxylic acids is 1. The maximum atomic E-state index is 11.8. The van der Waals surface area contributed by atoms with Gasteiger partial charge in [-0.2, -0.15) is 0 Å². The SMILES string of the molecule is Cc1occc1CN(C)C(=O)NCCCC(C)C(=O)O. The van der Waals surface area contributed by atoms with E-state index in [-0.39, 0.29) is 11.9 Å². The molecular weight excluding hydrogens is 260 g/mol. The van der Waals surface area contributed by atoms with Crippen molar-refractivity contribution in [2.75, 3.05) is 13.6 Å². The lowest BCUT2D eigenvalue weighted by molar-refractivity contribution is -0.141. The van der Waals surface area contributed by atoms with Crippen molar-refractivity contribution in [2.45, 2.75) is 33.2 Å². The summed E-state index contributed by atoms with van der Waals surface area (Å²) in [5.41, 5.74) is 0.974. The van der Waals surface area contributed by atoms with Gasteiger partial charge in [-0.25, -0.2) is 4.79 Å². The Morgan fingerprint density at radius 3 is 2.75 bits per heavy atom. The summed E-state index contributed by atoms with van der Waals surface area (Å²) in [6.07, 6.45) is 2.81. The Hall–Kier alpha value is -1.98. The van der Waals surface area contributed by atoms with Crippen LogP contribution in [0.5, 0.6) is 0 Å². The average Bonchev–Trinajstić information content (AvgIpc) is 2.79. The van der Waals surface area contributed by atoms with Crippen molar-refractivity contribution in [2.24, 2.45) is 5.92 Å². The van der Waals surface area contributed by atoms with E-state index in [0.717, 1.165) is 11.3 Å². The zero-order chi connectivity index (χ0) is 15.1. The van der Waals surface area contributed by atoms with Crippen LogP contribution in [0, 0.1) is 12.8 Å². The van der Waals surface area contributed by atoms with E-state index < -0.39 is 5.97 Å². The van der Waals surface area contributed by atoms with Crippen molar-refractivity contribution < 1.29 is 19.1 Å². The summed E-state index contributed by atoms with van der Waals surface area (Å²) in [4.78, 5) is 24.0. The molecule has 20 heavy (non-hydrogen) atoms. The molecule has 0 aromatic carbocycles. The number of amides is 2. The standard InChI is InChI=1S/C14H22N2O4/c1-10(13(17)18)5-4-7-15-14(19)16(3)9-12-6-8-20-11(12)2/h6,8,10H,4-5,7,9H2,1-3H3,(H,15,19)(H,17,18). The molecular formula is C14H22N2O4. The largest absolute Gasteiger partial charge is 0.481 e. The fraction of sp³-hybridized carbons (Fsp3) is 0.571. The van der Waals surface area contributed by atoms with Gasteiger partial charge in [0.2, 0.25) is 0 Å². The Bertz CT molecular complexity index is 456. The van der Waals surface area contributed by atoms with Gasteiger partial charge >= 0.3 is 12.0 Å². The van der Waals surface area contributed by atoms with Crippen LogP contribution in [0.1, 0.15) is 31.1 Å². The van der Waals surface area contributed by atoms with Gasteiger partial charge in [0.1, 0.15) is 5.76 Å². The summed E-state index contributed by atoms with van der Waals surface area (Å²) in [5.74, 6) is -0.373. The number of hydrogen-bond donors (Lipinski definition) is 2. The molecule has 1 aromatic heterocycles. The molecule has 1 unspecified atom stereocenters. The smallest absolute Gasteiger partial charge is 0.317 e. The Balaban J connectivity index is 2.25. The van der Waals surface area contributed by atoms with E-state index in [1.165, 1.54) is 0 Å². The van der Waals surface area contributed by atoms with Gasteiger partial charge in [-0.3, -0.25) is 4.79 Å². The number of urea groups is 1. The van der Waals surface area contributed by atoms with E-state index in [1.807, 2.05) is 13.0 Å². The van der Waals surface area contributed by atoms with Crippen LogP contribution in [-0.2, 0) is 11.3 Å². The molecule has 0 spiro atoms. The topological polar surface area (TPSA) is 82.8 Å². The zero-order valence-electron chi connectivity index (χ0n) is 12.2. The van der Waals surface area contributed by atoms with Gasteiger partial charge in [0.05, 0.1) is 18.7 Å². The normalized spacial score (nSPS) is 11.9. The van der Waals surface area contributed by atoms with Crippen LogP contribution in [-0.4, -0.2) is 35.6 Å². The number of carboxylic acids is 1. The van der Waals surface area contributed by atoms with Gasteiger partial charge in [0.25, 0.3) is 0 Å². The first-order chi connectivity index (χ1) is 9.41. The van der Waals surface area contributed by atoms with Gasteiger partial charge in [-0.05, 0) is 25.8 Å². The molecule has 1 aromatic rings. The molecule has 0 aliphatic heterocycles. The second-order valence-corrected chi connectivity index (χ2v) is 4.97. The quantitative estimate of drug-likeness (QED) is 0.751. The molecule has 112 valence electrons. The summed E-state index contributed by atoms with van der Waals surface area (Å²) in [6, 6.07) is 1.67. The first kappa shape index (κ1) is 16.1. The molecule has 0 aliphatic rings. The molecule has 0 saturated heterocycles. The lowest BCUT2D eigenvalue weighted by Gasteiger charge is -2.17. The van der Waals surface area contributed by atoms with Crippen molar-refractivity contribution in [3.63, 3.8) is 0 Å². The van der Waals surface area contributed by atoms with E-state index in [1.54, 1.807) is 25.1 Å². The highest BCUT2D eigenvalue weighted by atomic mass is 16.4. The number of hydrogen-bond acceptors (Lipinski definition) is 3. The van der Waals surface area contributed by atoms with Crippen LogP contribution in [0.15, 0.2) is 16.7 Å². The van der Waals surface area contributed by atoms with Gasteiger partial charge in [0, 0.05) is 19.2 Å². The van der Waals surface area contributed by atoms with Gasteiger partial charge < -0.3 is 19.7 Å². The molecule has 0 radical (unpaired) electrons. The van der Waals surface area contributed by atoms with Crippen LogP contribution in [0.25, 0.3) is 0 Å². The number of carbonyl (C=O) groups excluding carboxylic acids is 1. The highest BCUT2D eigenvalue weighted by molar-refractivity contribution is 5.73. The second-order valence-electron chi connectivity index (χ2n) is 4.97. The third-order valence-corrected chi connectivity index (χ3v) is 3.23. The minimum absolute atomic E-state index is 0.173. The predicted octanol–water partition coefficient (Wildman–Crippen LogP) is 2.23. The maximum absolute atomic E-state index is 11.8. The van der Waals surface area contributed by atoms with E-state index >= 15 is 0 Å². The lowest BCUT2D eigenvalue weighted by atomic mass is 10.1. The molecule has 1 heterocycles. The Morgan fingerprint density at radius 2 is 2.20 bits per heavy atom. The molecule has 2 amide bonds. The van der Waals surface area contributed by atoms with E-state index in [2.05, 4.69) is 5.32 Å². The third kappa shape index (κ3) is 4.95. The highest BCUT2D eigenvalue weighted by Gasteiger charge is 2.12. The number of rotatable bonds is 7. The lowest BCUT2D eigenvalue weighted by Crippen LogP contribution is -2.37. The summed E-state index contributed by atoms with van der Waals surface area (Å²) >= 11 is 0. The van der Waals surface area contributed by atoms with Crippen LogP contribution in [0.2, 0.25) is 0 Å². The fourth-order valence-corrected chi connectivity index (χ4v) is 1.76. The van der Waals surface area contributed by atoms with Crippen molar-refractivity contribution in [3.05, 3.63) is 23.7 Å². The number of aryl methyl sites for hydroxylation is 1. The minimum Gasteiger partial charge on any atom is -0.481 e. The van der Waals surface area contributed by atoms with Gasteiger partial charge in [-0.15, -0.1) is 0 Å². The Morgan fingerprint density at radius 1 is 1.50 bits per heavy atom. The van der Waals surface area contributed by atoms with Crippen LogP contribution in [0.3, 0.4) is 0 Å². The molecule has 0 bridgehead atoms. The minimum atomic E-state index is -0.802. The molecule has 1 atom stereocenters. The third-order valence-electron chi connectivity index (χ3n) is 3.23. The van der Waals surface area contributed by atoms with Crippen molar-refractivity contribution >= 4 is 12.0 Å². The van der Waals surface area contributed by atoms with E-state index in [0.29, 0.717) is 25.9 Å². The van der Waals surface area contributed by atoms with Crippen LogP contribution in [0.4, 0.5) is 4.79 Å². The van der Waals surface area contributed by atoms with E-state index in [9.17, 15) is 9.59 Å². The van der Waals surface area contributed by atoms with Gasteiger partial charge in [0.15, 0.2) is 0 Å². The highest BCUT2D eigenvalue weighted by Crippen LogP contribution is 2.11. The van der Waals surface area contributed by atoms with Crippen molar-refractivity contribution in [1.29, 1.82) is 0 Å². The second kappa shape index (κ2) is 7.57.